The Balaban J connectivity index is 1.80. The number of esters is 1. The van der Waals surface area contributed by atoms with Crippen molar-refractivity contribution < 1.29 is 19.4 Å². The number of nitrogens with one attached hydrogen (secondary N) is 2. The summed E-state index contributed by atoms with van der Waals surface area (Å²) in [6.07, 6.45) is 15.1. The quantitative estimate of drug-likeness (QED) is 0.0707. The van der Waals surface area contributed by atoms with Crippen LogP contribution in [0.3, 0.4) is 0 Å². The molecule has 0 bridgehead atoms. The normalized spacial score (nSPS) is 14.7. The summed E-state index contributed by atoms with van der Waals surface area (Å²) < 4.78 is 11.2. The van der Waals surface area contributed by atoms with Crippen molar-refractivity contribution in [1.29, 1.82) is 0 Å². The number of rotatable bonds is 23. The van der Waals surface area contributed by atoms with Gasteiger partial charge in [0.05, 0.1) is 13.2 Å². The average molecular weight is 579 g/mol. The van der Waals surface area contributed by atoms with Crippen LogP contribution in [0.25, 0.3) is 11.2 Å². The van der Waals surface area contributed by atoms with E-state index in [-0.39, 0.29) is 42.2 Å². The third-order valence-electron chi connectivity index (χ3n) is 7.79. The Hall–Kier alpha value is -2.50. The predicted molar refractivity (Wildman–Crippen MR) is 162 cm³/mol. The van der Waals surface area contributed by atoms with Crippen LogP contribution in [-0.2, 0) is 20.7 Å². The van der Waals surface area contributed by atoms with Crippen LogP contribution in [0.4, 0.5) is 5.95 Å². The van der Waals surface area contributed by atoms with Crippen LogP contribution >= 0.6 is 0 Å². The number of carbonyl (C=O) groups excluding carboxylic acids is 1. The summed E-state index contributed by atoms with van der Waals surface area (Å²) in [5.41, 5.74) is 11.7. The molecule has 2 rings (SSSR count). The molecule has 2 aromatic rings. The zero-order valence-electron chi connectivity index (χ0n) is 25.5. The first kappa shape index (κ1) is 34.7. The van der Waals surface area contributed by atoms with Gasteiger partial charge in [0.25, 0.3) is 5.56 Å². The van der Waals surface area contributed by atoms with Gasteiger partial charge in [-0.3, -0.25) is 14.6 Å². The molecule has 0 amide bonds. The van der Waals surface area contributed by atoms with Crippen LogP contribution in [0.15, 0.2) is 4.79 Å². The lowest BCUT2D eigenvalue weighted by atomic mass is 10.0. The van der Waals surface area contributed by atoms with Crippen molar-refractivity contribution in [2.24, 2.45) is 17.6 Å². The summed E-state index contributed by atoms with van der Waals surface area (Å²) in [5, 5.41) is 10.4. The first-order valence-corrected chi connectivity index (χ1v) is 15.7. The lowest BCUT2D eigenvalue weighted by molar-refractivity contribution is -0.147. The summed E-state index contributed by atoms with van der Waals surface area (Å²) in [6, 6.07) is -0.666. The highest BCUT2D eigenvalue weighted by atomic mass is 16.6. The summed E-state index contributed by atoms with van der Waals surface area (Å²) >= 11 is 0. The van der Waals surface area contributed by atoms with Crippen molar-refractivity contribution in [2.75, 3.05) is 18.9 Å². The van der Waals surface area contributed by atoms with Gasteiger partial charge in [0.2, 0.25) is 5.95 Å². The van der Waals surface area contributed by atoms with Crippen molar-refractivity contribution in [3.8, 4) is 0 Å². The number of carbonyl (C=O) groups is 1. The van der Waals surface area contributed by atoms with Crippen molar-refractivity contribution >= 4 is 23.1 Å². The maximum Gasteiger partial charge on any atom is 0.323 e. The summed E-state index contributed by atoms with van der Waals surface area (Å²) in [5.74, 6) is 0.00759. The van der Waals surface area contributed by atoms with E-state index in [1.807, 2.05) is 13.8 Å². The number of nitrogen functional groups attached to an aromatic ring is 1. The van der Waals surface area contributed by atoms with E-state index >= 15 is 0 Å². The van der Waals surface area contributed by atoms with Crippen LogP contribution in [0.5, 0.6) is 0 Å². The number of aliphatic hydroxyl groups is 1. The van der Waals surface area contributed by atoms with Crippen molar-refractivity contribution in [1.82, 2.24) is 19.9 Å². The number of imidazole rings is 1. The number of nitrogens with zero attached hydrogens (tertiary/aromatic N) is 2. The number of aliphatic hydroxyl groups excluding tert-OH is 1. The Kier molecular flexibility index (Phi) is 16.6. The average Bonchev–Trinajstić information content (AvgIpc) is 3.36. The number of unbranched alkanes of at least 4 members (excludes halogenated alkanes) is 10. The van der Waals surface area contributed by atoms with Gasteiger partial charge >= 0.3 is 5.97 Å². The Labute approximate surface area is 244 Å². The number of aromatic amines is 2. The molecule has 0 aliphatic carbocycles. The molecule has 0 aromatic carbocycles. The van der Waals surface area contributed by atoms with E-state index in [9.17, 15) is 14.7 Å². The minimum atomic E-state index is -0.863. The van der Waals surface area contributed by atoms with Gasteiger partial charge in [-0.05, 0) is 31.1 Å². The number of fused-ring (bicyclic) bond motifs is 1. The minimum Gasteiger partial charge on any atom is -0.465 e. The van der Waals surface area contributed by atoms with Crippen molar-refractivity contribution in [3.05, 3.63) is 16.2 Å². The highest BCUT2D eigenvalue weighted by Crippen LogP contribution is 2.17. The van der Waals surface area contributed by atoms with E-state index < -0.39 is 23.9 Å². The van der Waals surface area contributed by atoms with Gasteiger partial charge in [-0.15, -0.1) is 0 Å². The molecule has 234 valence electrons. The molecule has 7 N–H and O–H groups in total. The first-order chi connectivity index (χ1) is 19.7. The molecule has 11 nitrogen and oxygen atoms in total. The first-order valence-electron chi connectivity index (χ1n) is 15.7. The molecule has 2 unspecified atom stereocenters. The SMILES string of the molecule is CCCCCCCCCCCCCC(O)OCC(CCOC(=O)[C@@H](N)[C@@H](C)CC)Cc1nc2nc(N)[nH]c(=O)c2[nH]1. The number of anilines is 1. The molecule has 11 heteroatoms. The molecular formula is C30H54N6O5. The van der Waals surface area contributed by atoms with Crippen LogP contribution in [0.1, 0.15) is 116 Å². The fraction of sp³-hybridized carbons (Fsp3) is 0.800. The summed E-state index contributed by atoms with van der Waals surface area (Å²) in [7, 11) is 0. The summed E-state index contributed by atoms with van der Waals surface area (Å²) in [4.78, 5) is 38.4. The maximum absolute atomic E-state index is 12.3. The van der Waals surface area contributed by atoms with Gasteiger partial charge in [0, 0.05) is 6.42 Å². The molecule has 0 saturated carbocycles. The second-order valence-electron chi connectivity index (χ2n) is 11.4. The third kappa shape index (κ3) is 13.3. The van der Waals surface area contributed by atoms with Gasteiger partial charge in [-0.25, -0.2) is 4.98 Å². The molecule has 0 aliphatic heterocycles. The predicted octanol–water partition coefficient (Wildman–Crippen LogP) is 4.73. The second-order valence-corrected chi connectivity index (χ2v) is 11.4. The molecule has 2 heterocycles. The maximum atomic E-state index is 12.3. The van der Waals surface area contributed by atoms with E-state index in [4.69, 9.17) is 20.9 Å². The molecule has 0 fully saturated rings. The van der Waals surface area contributed by atoms with E-state index in [2.05, 4.69) is 26.9 Å². The van der Waals surface area contributed by atoms with E-state index in [1.54, 1.807) is 0 Å². The second kappa shape index (κ2) is 19.6. The van der Waals surface area contributed by atoms with Gasteiger partial charge < -0.3 is 31.0 Å². The number of H-pyrrole nitrogens is 2. The highest BCUT2D eigenvalue weighted by molar-refractivity contribution is 5.75. The Morgan fingerprint density at radius 1 is 0.951 bits per heavy atom. The van der Waals surface area contributed by atoms with Gasteiger partial charge in [0.1, 0.15) is 11.9 Å². The Bertz CT molecular complexity index is 1060. The van der Waals surface area contributed by atoms with Crippen LogP contribution in [0.2, 0.25) is 0 Å². The smallest absolute Gasteiger partial charge is 0.323 e. The largest absolute Gasteiger partial charge is 0.465 e. The topological polar surface area (TPSA) is 182 Å². The molecule has 2 aromatic heterocycles. The zero-order chi connectivity index (χ0) is 30.0. The van der Waals surface area contributed by atoms with Crippen LogP contribution < -0.4 is 17.0 Å². The van der Waals surface area contributed by atoms with E-state index in [0.29, 0.717) is 25.1 Å². The monoisotopic (exact) mass is 578 g/mol. The van der Waals surface area contributed by atoms with E-state index in [0.717, 1.165) is 19.3 Å². The number of aromatic nitrogens is 4. The van der Waals surface area contributed by atoms with Crippen LogP contribution in [0, 0.1) is 11.8 Å². The number of hydrogen-bond acceptors (Lipinski definition) is 9. The standard InChI is InChI=1S/C30H54N6O5/c1-4-6-7-8-9-10-11-12-13-14-15-16-24(37)41-20-22(17-18-40-29(39)25(31)21(3)5-2)19-23-33-26-27(34-23)35-30(32)36-28(26)38/h21-22,24-25,37H,4-20,31H2,1-3H3,(H4,32,33,34,35,36,38)/t21-,22?,24?,25-/m0/s1. The Morgan fingerprint density at radius 3 is 2.22 bits per heavy atom. The molecule has 0 saturated heterocycles. The molecule has 0 aliphatic rings. The molecule has 0 radical (unpaired) electrons. The summed E-state index contributed by atoms with van der Waals surface area (Å²) in [6.45, 7) is 6.56. The fourth-order valence-electron chi connectivity index (χ4n) is 4.81. The zero-order valence-corrected chi connectivity index (χ0v) is 25.5. The molecular weight excluding hydrogens is 524 g/mol. The lowest BCUT2D eigenvalue weighted by Gasteiger charge is -2.20. The number of hydrogen-bond donors (Lipinski definition) is 5. The van der Waals surface area contributed by atoms with Crippen LogP contribution in [-0.4, -0.2) is 56.6 Å². The van der Waals surface area contributed by atoms with Crippen molar-refractivity contribution in [2.45, 2.75) is 129 Å². The minimum absolute atomic E-state index is 0.00415. The van der Waals surface area contributed by atoms with E-state index in [1.165, 1.54) is 57.8 Å². The van der Waals surface area contributed by atoms with Gasteiger partial charge in [-0.2, -0.15) is 4.98 Å². The third-order valence-corrected chi connectivity index (χ3v) is 7.79. The van der Waals surface area contributed by atoms with Gasteiger partial charge in [-0.1, -0.05) is 91.4 Å². The lowest BCUT2D eigenvalue weighted by Crippen LogP contribution is -2.38. The highest BCUT2D eigenvalue weighted by Gasteiger charge is 2.22. The molecule has 41 heavy (non-hydrogen) atoms. The number of nitrogens with two attached hydrogens (primary N) is 2. The fourth-order valence-corrected chi connectivity index (χ4v) is 4.81. The Morgan fingerprint density at radius 2 is 1.59 bits per heavy atom. The molecule has 0 spiro atoms. The molecule has 4 atom stereocenters. The van der Waals surface area contributed by atoms with Crippen molar-refractivity contribution in [3.63, 3.8) is 0 Å². The van der Waals surface area contributed by atoms with Gasteiger partial charge in [0.15, 0.2) is 17.5 Å². The number of ether oxygens (including phenoxy) is 2.